The number of pyridine rings is 1. The van der Waals surface area contributed by atoms with Crippen LogP contribution in [-0.2, 0) is 24.9 Å². The van der Waals surface area contributed by atoms with Crippen LogP contribution >= 0.6 is 11.6 Å². The lowest BCUT2D eigenvalue weighted by Gasteiger charge is -2.09. The van der Waals surface area contributed by atoms with Crippen molar-refractivity contribution >= 4 is 34.2 Å². The third-order valence-corrected chi connectivity index (χ3v) is 5.79. The van der Waals surface area contributed by atoms with Gasteiger partial charge in [-0.15, -0.1) is 0 Å². The SMILES string of the molecule is Cc1nn(CC(=O)Nc2cccc(Cn3cc(Cl)cn3)c2)c2nc(-c3cnn(C)c3)cc(C(F)F)c12. The van der Waals surface area contributed by atoms with Gasteiger partial charge in [0.1, 0.15) is 6.54 Å². The molecule has 0 saturated heterocycles. The maximum absolute atomic E-state index is 14.0. The zero-order chi connectivity index (χ0) is 25.4. The van der Waals surface area contributed by atoms with Gasteiger partial charge in [0.15, 0.2) is 5.65 Å². The quantitative estimate of drug-likeness (QED) is 0.345. The van der Waals surface area contributed by atoms with Gasteiger partial charge in [-0.1, -0.05) is 23.7 Å². The highest BCUT2D eigenvalue weighted by molar-refractivity contribution is 6.30. The maximum atomic E-state index is 14.0. The third kappa shape index (κ3) is 4.82. The van der Waals surface area contributed by atoms with Crippen LogP contribution in [0, 0.1) is 6.92 Å². The molecule has 36 heavy (non-hydrogen) atoms. The van der Waals surface area contributed by atoms with E-state index in [1.807, 2.05) is 18.2 Å². The Balaban J connectivity index is 1.41. The molecule has 1 N–H and O–H groups in total. The molecule has 0 aliphatic heterocycles. The number of carbonyl (C=O) groups is 1. The molecule has 9 nitrogen and oxygen atoms in total. The standard InChI is InChI=1S/C24H21ClF2N8O/c1-14-22-19(23(26)27)7-20(16-8-28-33(2)11-16)31-24(22)35(32-14)13-21(36)30-18-5-3-4-15(6-18)10-34-12-17(25)9-29-34/h3-9,11-12,23H,10,13H2,1-2H3,(H,30,36). The summed E-state index contributed by atoms with van der Waals surface area (Å²) in [7, 11) is 1.73. The van der Waals surface area contributed by atoms with Crippen molar-refractivity contribution in [2.75, 3.05) is 5.32 Å². The minimum Gasteiger partial charge on any atom is -0.324 e. The van der Waals surface area contributed by atoms with Gasteiger partial charge in [-0.3, -0.25) is 14.2 Å². The Labute approximate surface area is 209 Å². The topological polar surface area (TPSA) is 95.5 Å². The number of carbonyl (C=O) groups excluding carboxylic acids is 1. The van der Waals surface area contributed by atoms with Crippen molar-refractivity contribution in [1.29, 1.82) is 0 Å². The van der Waals surface area contributed by atoms with Crippen LogP contribution in [0.2, 0.25) is 5.02 Å². The molecule has 0 radical (unpaired) electrons. The van der Waals surface area contributed by atoms with E-state index in [0.717, 1.165) is 5.56 Å². The Morgan fingerprint density at radius 2 is 2.00 bits per heavy atom. The second-order valence-electron chi connectivity index (χ2n) is 8.35. The summed E-state index contributed by atoms with van der Waals surface area (Å²) in [5.74, 6) is -0.370. The number of anilines is 1. The Morgan fingerprint density at radius 3 is 2.69 bits per heavy atom. The highest BCUT2D eigenvalue weighted by atomic mass is 35.5. The lowest BCUT2D eigenvalue weighted by Crippen LogP contribution is -2.20. The molecule has 0 atom stereocenters. The maximum Gasteiger partial charge on any atom is 0.264 e. The minimum atomic E-state index is -2.73. The Kier molecular flexibility index (Phi) is 6.23. The van der Waals surface area contributed by atoms with Gasteiger partial charge >= 0.3 is 0 Å². The second kappa shape index (κ2) is 9.50. The molecule has 4 heterocycles. The summed E-state index contributed by atoms with van der Waals surface area (Å²) in [4.78, 5) is 17.4. The van der Waals surface area contributed by atoms with Crippen molar-refractivity contribution < 1.29 is 13.6 Å². The molecule has 12 heteroatoms. The molecule has 0 fully saturated rings. The smallest absolute Gasteiger partial charge is 0.264 e. The van der Waals surface area contributed by atoms with Crippen molar-refractivity contribution in [2.24, 2.45) is 7.05 Å². The molecule has 0 unspecified atom stereocenters. The van der Waals surface area contributed by atoms with E-state index in [1.54, 1.807) is 54.2 Å². The number of benzene rings is 1. The molecule has 0 aliphatic rings. The predicted molar refractivity (Wildman–Crippen MR) is 131 cm³/mol. The number of rotatable bonds is 7. The zero-order valence-electron chi connectivity index (χ0n) is 19.4. The number of hydrogen-bond acceptors (Lipinski definition) is 5. The van der Waals surface area contributed by atoms with E-state index in [0.29, 0.717) is 34.2 Å². The lowest BCUT2D eigenvalue weighted by atomic mass is 10.1. The highest BCUT2D eigenvalue weighted by Crippen LogP contribution is 2.33. The minimum absolute atomic E-state index is 0.186. The van der Waals surface area contributed by atoms with E-state index in [2.05, 4.69) is 25.6 Å². The molecule has 5 rings (SSSR count). The van der Waals surface area contributed by atoms with Gasteiger partial charge in [0.25, 0.3) is 6.43 Å². The molecule has 184 valence electrons. The molecule has 1 amide bonds. The number of aryl methyl sites for hydroxylation is 2. The largest absolute Gasteiger partial charge is 0.324 e. The van der Waals surface area contributed by atoms with Crippen LogP contribution in [0.1, 0.15) is 23.2 Å². The summed E-state index contributed by atoms with van der Waals surface area (Å²) in [6.07, 6.45) is 3.76. The first-order valence-electron chi connectivity index (χ1n) is 11.0. The molecule has 0 aliphatic carbocycles. The molecular weight excluding hydrogens is 490 g/mol. The fourth-order valence-corrected chi connectivity index (χ4v) is 4.22. The van der Waals surface area contributed by atoms with Crippen LogP contribution in [0.5, 0.6) is 0 Å². The van der Waals surface area contributed by atoms with Crippen molar-refractivity contribution in [3.05, 3.63) is 77.0 Å². The van der Waals surface area contributed by atoms with Crippen LogP contribution < -0.4 is 5.32 Å². The molecule has 0 bridgehead atoms. The molecule has 1 aromatic carbocycles. The number of alkyl halides is 2. The third-order valence-electron chi connectivity index (χ3n) is 5.59. The summed E-state index contributed by atoms with van der Waals surface area (Å²) in [6, 6.07) is 8.66. The summed E-state index contributed by atoms with van der Waals surface area (Å²) < 4.78 is 32.5. The first kappa shape index (κ1) is 23.6. The van der Waals surface area contributed by atoms with Gasteiger partial charge in [-0.25, -0.2) is 18.4 Å². The first-order valence-corrected chi connectivity index (χ1v) is 11.4. The number of aromatic nitrogens is 7. The van der Waals surface area contributed by atoms with Crippen molar-refractivity contribution in [3.8, 4) is 11.3 Å². The second-order valence-corrected chi connectivity index (χ2v) is 8.78. The number of fused-ring (bicyclic) bond motifs is 1. The number of amides is 1. The van der Waals surface area contributed by atoms with Crippen LogP contribution in [0.25, 0.3) is 22.3 Å². The van der Waals surface area contributed by atoms with Crippen molar-refractivity contribution in [1.82, 2.24) is 34.3 Å². The van der Waals surface area contributed by atoms with Crippen molar-refractivity contribution in [2.45, 2.75) is 26.4 Å². The summed E-state index contributed by atoms with van der Waals surface area (Å²) in [6.45, 7) is 1.91. The summed E-state index contributed by atoms with van der Waals surface area (Å²) >= 11 is 5.92. The van der Waals surface area contributed by atoms with E-state index < -0.39 is 6.43 Å². The van der Waals surface area contributed by atoms with Crippen LogP contribution in [0.4, 0.5) is 14.5 Å². The number of hydrogen-bond donors (Lipinski definition) is 1. The number of nitrogens with zero attached hydrogens (tertiary/aromatic N) is 7. The van der Waals surface area contributed by atoms with Gasteiger partial charge in [-0.2, -0.15) is 15.3 Å². The van der Waals surface area contributed by atoms with Crippen molar-refractivity contribution in [3.63, 3.8) is 0 Å². The average molecular weight is 511 g/mol. The van der Waals surface area contributed by atoms with E-state index in [-0.39, 0.29) is 29.0 Å². The van der Waals surface area contributed by atoms with Crippen LogP contribution in [0.15, 0.2) is 55.1 Å². The van der Waals surface area contributed by atoms with E-state index in [4.69, 9.17) is 11.6 Å². The number of nitrogens with one attached hydrogen (secondary N) is 1. The predicted octanol–water partition coefficient (Wildman–Crippen LogP) is 4.61. The van der Waals surface area contributed by atoms with Gasteiger partial charge in [-0.05, 0) is 30.7 Å². The Bertz CT molecular complexity index is 1570. The Morgan fingerprint density at radius 1 is 1.17 bits per heavy atom. The fourth-order valence-electron chi connectivity index (χ4n) is 4.07. The zero-order valence-corrected chi connectivity index (χ0v) is 20.1. The lowest BCUT2D eigenvalue weighted by molar-refractivity contribution is -0.116. The van der Waals surface area contributed by atoms with Crippen LogP contribution in [0.3, 0.4) is 0 Å². The van der Waals surface area contributed by atoms with Gasteiger partial charge in [0.2, 0.25) is 5.91 Å². The first-order chi connectivity index (χ1) is 17.3. The van der Waals surface area contributed by atoms with E-state index >= 15 is 0 Å². The van der Waals surface area contributed by atoms with Gasteiger partial charge in [0, 0.05) is 36.3 Å². The normalized spacial score (nSPS) is 11.5. The fraction of sp³-hybridized carbons (Fsp3) is 0.208. The summed E-state index contributed by atoms with van der Waals surface area (Å²) in [5, 5.41) is 16.2. The molecule has 0 spiro atoms. The van der Waals surface area contributed by atoms with Crippen LogP contribution in [-0.4, -0.2) is 40.2 Å². The Hall–Kier alpha value is -4.12. The molecule has 0 saturated carbocycles. The van der Waals surface area contributed by atoms with E-state index in [9.17, 15) is 13.6 Å². The molecule has 4 aromatic heterocycles. The van der Waals surface area contributed by atoms with Gasteiger partial charge in [0.05, 0.1) is 40.7 Å². The highest BCUT2D eigenvalue weighted by Gasteiger charge is 2.22. The summed E-state index contributed by atoms with van der Waals surface area (Å²) in [5.41, 5.74) is 2.82. The molecular formula is C24H21ClF2N8O. The number of halogens is 3. The molecule has 5 aromatic rings. The average Bonchev–Trinajstić information content (AvgIpc) is 3.53. The monoisotopic (exact) mass is 510 g/mol. The van der Waals surface area contributed by atoms with E-state index in [1.165, 1.54) is 10.7 Å². The van der Waals surface area contributed by atoms with Gasteiger partial charge < -0.3 is 5.32 Å².